The Balaban J connectivity index is 1.10. The van der Waals surface area contributed by atoms with Crippen molar-refractivity contribution in [2.75, 3.05) is 26.0 Å². The van der Waals surface area contributed by atoms with Crippen LogP contribution in [0.4, 0.5) is 0 Å². The lowest BCUT2D eigenvalue weighted by Gasteiger charge is -2.47. The molecule has 45 heavy (non-hydrogen) atoms. The van der Waals surface area contributed by atoms with Gasteiger partial charge in [-0.1, -0.05) is 0 Å². The van der Waals surface area contributed by atoms with E-state index in [4.69, 9.17) is 27.1 Å². The van der Waals surface area contributed by atoms with E-state index in [1.807, 2.05) is 23.3 Å². The smallest absolute Gasteiger partial charge is 0.308 e. The molecule has 3 saturated heterocycles. The highest BCUT2D eigenvalue weighted by atomic mass is 35.5. The predicted molar refractivity (Wildman–Crippen MR) is 179 cm³/mol. The number of aryl methyl sites for hydroxylation is 2. The van der Waals surface area contributed by atoms with Gasteiger partial charge in [0, 0.05) is 52.7 Å². The van der Waals surface area contributed by atoms with Crippen molar-refractivity contribution in [1.82, 2.24) is 25.1 Å². The number of alkyl halides is 1. The summed E-state index contributed by atoms with van der Waals surface area (Å²) in [7, 11) is 2.18. The number of thioether (sulfide) groups is 1. The van der Waals surface area contributed by atoms with Crippen molar-refractivity contribution in [3.05, 3.63) is 27.4 Å². The van der Waals surface area contributed by atoms with Gasteiger partial charge in [-0.05, 0) is 96.9 Å². The Morgan fingerprint density at radius 3 is 2.80 bits per heavy atom. The number of nitrogens with two attached hydrogens (primary N) is 1. The van der Waals surface area contributed by atoms with E-state index in [1.165, 1.54) is 0 Å². The van der Waals surface area contributed by atoms with Crippen LogP contribution in [0.1, 0.15) is 75.4 Å². The van der Waals surface area contributed by atoms with Crippen molar-refractivity contribution in [3.8, 4) is 0 Å². The molecule has 0 bridgehead atoms. The molecule has 252 valence electrons. The van der Waals surface area contributed by atoms with Gasteiger partial charge in [0.05, 0.1) is 37.0 Å². The Kier molecular flexibility index (Phi) is 10.9. The van der Waals surface area contributed by atoms with Gasteiger partial charge in [-0.25, -0.2) is 4.98 Å². The van der Waals surface area contributed by atoms with Crippen LogP contribution in [0.5, 0.6) is 0 Å². The molecule has 2 aliphatic carbocycles. The second-order valence-corrected chi connectivity index (χ2v) is 16.3. The fraction of sp³-hybridized carbons (Fsp3) is 0.848. The van der Waals surface area contributed by atoms with Crippen LogP contribution in [0, 0.1) is 24.7 Å². The summed E-state index contributed by atoms with van der Waals surface area (Å²) in [6, 6.07) is 0.957. The average Bonchev–Trinajstić information content (AvgIpc) is 3.43. The summed E-state index contributed by atoms with van der Waals surface area (Å²) in [4.78, 5) is 33.2. The van der Waals surface area contributed by atoms with Gasteiger partial charge < -0.3 is 25.8 Å². The molecule has 1 saturated carbocycles. The second kappa shape index (κ2) is 14.5. The fourth-order valence-corrected chi connectivity index (χ4v) is 11.2. The molecule has 12 heteroatoms. The Morgan fingerprint density at radius 1 is 1.20 bits per heavy atom. The van der Waals surface area contributed by atoms with Gasteiger partial charge in [-0.15, -0.1) is 11.6 Å². The molecule has 11 atom stereocenters. The number of aromatic nitrogens is 2. The highest BCUT2D eigenvalue weighted by molar-refractivity contribution is 8.00. The minimum absolute atomic E-state index is 0.0141. The molecular formula is C33H53ClN6O4S. The zero-order valence-electron chi connectivity index (χ0n) is 27.1. The minimum atomic E-state index is -0.703. The third kappa shape index (κ3) is 7.44. The summed E-state index contributed by atoms with van der Waals surface area (Å²) in [5.74, 6) is 0.989. The zero-order valence-corrected chi connectivity index (χ0v) is 28.7. The predicted octanol–water partition coefficient (Wildman–Crippen LogP) is 2.74. The molecular weight excluding hydrogens is 612 g/mol. The first-order valence-corrected chi connectivity index (χ1v) is 18.7. The molecule has 1 aromatic heterocycles. The minimum Gasteiger partial charge on any atom is -0.481 e. The van der Waals surface area contributed by atoms with Crippen LogP contribution < -0.4 is 21.9 Å². The molecule has 1 aromatic rings. The first-order chi connectivity index (χ1) is 21.6. The number of nitrogens with one attached hydrogen (secondary N) is 2. The van der Waals surface area contributed by atoms with Crippen molar-refractivity contribution in [2.45, 2.75) is 132 Å². The number of nitrogens with zero attached hydrogens (tertiary/aromatic N) is 3. The summed E-state index contributed by atoms with van der Waals surface area (Å²) < 4.78 is 8.47. The van der Waals surface area contributed by atoms with Gasteiger partial charge in [0.15, 0.2) is 0 Å². The van der Waals surface area contributed by atoms with E-state index >= 15 is 0 Å². The van der Waals surface area contributed by atoms with E-state index in [0.29, 0.717) is 36.9 Å². The van der Waals surface area contributed by atoms with Gasteiger partial charge in [0.2, 0.25) is 0 Å². The van der Waals surface area contributed by atoms with Crippen LogP contribution in [0.15, 0.2) is 4.79 Å². The average molecular weight is 665 g/mol. The summed E-state index contributed by atoms with van der Waals surface area (Å²) in [6.07, 6.45) is 9.74. The van der Waals surface area contributed by atoms with Crippen LogP contribution in [-0.2, 0) is 28.9 Å². The van der Waals surface area contributed by atoms with Crippen LogP contribution in [0.3, 0.4) is 0 Å². The first kappa shape index (κ1) is 33.7. The number of carboxylic acids is 1. The number of piperidine rings is 2. The molecule has 0 aromatic carbocycles. The third-order valence-corrected chi connectivity index (χ3v) is 13.4. The van der Waals surface area contributed by atoms with Crippen molar-refractivity contribution in [1.29, 1.82) is 0 Å². The van der Waals surface area contributed by atoms with Gasteiger partial charge in [-0.2, -0.15) is 11.8 Å². The molecule has 5 N–H and O–H groups in total. The summed E-state index contributed by atoms with van der Waals surface area (Å²) in [5, 5.41) is 17.4. The van der Waals surface area contributed by atoms with E-state index < -0.39 is 5.97 Å². The molecule has 0 amide bonds. The Hall–Kier alpha value is -1.21. The number of ether oxygens (including phenoxy) is 1. The Labute approximate surface area is 276 Å². The fourth-order valence-electron chi connectivity index (χ4n) is 9.05. The van der Waals surface area contributed by atoms with Crippen LogP contribution in [0.2, 0.25) is 0 Å². The van der Waals surface area contributed by atoms with Crippen molar-refractivity contribution >= 4 is 29.3 Å². The highest BCUT2D eigenvalue weighted by Gasteiger charge is 2.51. The van der Waals surface area contributed by atoms with E-state index in [1.54, 1.807) is 0 Å². The third-order valence-electron chi connectivity index (χ3n) is 11.4. The van der Waals surface area contributed by atoms with Gasteiger partial charge in [-0.3, -0.25) is 19.5 Å². The topological polar surface area (TPSA) is 135 Å². The van der Waals surface area contributed by atoms with E-state index in [0.717, 1.165) is 87.8 Å². The Morgan fingerprint density at radius 2 is 2.02 bits per heavy atom. The van der Waals surface area contributed by atoms with Crippen molar-refractivity contribution in [3.63, 3.8) is 0 Å². The number of halogens is 1. The number of fused-ring (bicyclic) bond motifs is 2. The maximum atomic E-state index is 13.9. The van der Waals surface area contributed by atoms with E-state index in [-0.39, 0.29) is 52.4 Å². The molecule has 0 radical (unpaired) electrons. The standard InChI is InChI=1S/C33H53ClN6O4S/c1-18-13-24(31-30(36-18)26(17-45-31)33(42)43)23-14-20(34)7-10-28(23)44-12-11-40-19(2)37-27-9-8-22(15-25(27)32(40)41)39(3)16-21-5-4-6-29(35)38-21/h18,20-24,26,28-31,36,38H,4-17,35H2,1-3H3,(H,42,43). The number of rotatable bonds is 9. The maximum absolute atomic E-state index is 13.9. The van der Waals surface area contributed by atoms with Gasteiger partial charge >= 0.3 is 5.97 Å². The number of hydrogen-bond donors (Lipinski definition) is 4. The molecule has 10 nitrogen and oxygen atoms in total. The number of aliphatic carboxylic acids is 1. The number of carbonyl (C=O) groups is 1. The summed E-state index contributed by atoms with van der Waals surface area (Å²) >= 11 is 8.56. The first-order valence-electron chi connectivity index (χ1n) is 17.3. The number of carboxylic acid groups (broad SMARTS) is 1. The molecule has 0 spiro atoms. The molecule has 3 aliphatic heterocycles. The van der Waals surface area contributed by atoms with Gasteiger partial charge in [0.1, 0.15) is 5.82 Å². The van der Waals surface area contributed by atoms with Crippen molar-refractivity contribution in [2.24, 2.45) is 23.5 Å². The molecule has 11 unspecified atom stereocenters. The largest absolute Gasteiger partial charge is 0.481 e. The van der Waals surface area contributed by atoms with Crippen LogP contribution in [-0.4, -0.2) is 98.5 Å². The monoisotopic (exact) mass is 664 g/mol. The summed E-state index contributed by atoms with van der Waals surface area (Å²) in [6.45, 7) is 5.98. The lowest BCUT2D eigenvalue weighted by Crippen LogP contribution is -2.57. The van der Waals surface area contributed by atoms with Gasteiger partial charge in [0.25, 0.3) is 5.56 Å². The van der Waals surface area contributed by atoms with Crippen molar-refractivity contribution < 1.29 is 14.6 Å². The normalized spacial score (nSPS) is 38.6. The lowest BCUT2D eigenvalue weighted by molar-refractivity contribution is -0.142. The molecule has 4 fully saturated rings. The maximum Gasteiger partial charge on any atom is 0.308 e. The number of hydrogen-bond acceptors (Lipinski definition) is 9. The SMILES string of the molecule is Cc1nc2c(c(=O)n1CCOC1CCC(Cl)CC1C1CC(C)NC3C(C(=O)O)CSC13)CC(N(C)CC1CCCC(N)N1)CC2. The van der Waals surface area contributed by atoms with Crippen LogP contribution >= 0.6 is 23.4 Å². The second-order valence-electron chi connectivity index (χ2n) is 14.5. The zero-order chi connectivity index (χ0) is 31.8. The number of likely N-dealkylation sites (N-methyl/N-ethyl adjacent to an activating group) is 1. The highest BCUT2D eigenvalue weighted by Crippen LogP contribution is 2.48. The van der Waals surface area contributed by atoms with E-state index in [2.05, 4.69) is 29.5 Å². The Bertz CT molecular complexity index is 1270. The summed E-state index contributed by atoms with van der Waals surface area (Å²) in [5.41, 5.74) is 8.05. The quantitative estimate of drug-likeness (QED) is 0.292. The molecule has 5 aliphatic rings. The van der Waals surface area contributed by atoms with Crippen LogP contribution in [0.25, 0.3) is 0 Å². The van der Waals surface area contributed by atoms with E-state index in [9.17, 15) is 14.7 Å². The molecule has 6 rings (SSSR count). The molecule has 4 heterocycles. The lowest BCUT2D eigenvalue weighted by atomic mass is 9.70.